The van der Waals surface area contributed by atoms with Crippen molar-refractivity contribution in [3.63, 3.8) is 0 Å². The molecule has 106 valence electrons. The van der Waals surface area contributed by atoms with Gasteiger partial charge in [-0.15, -0.1) is 11.3 Å². The number of carbonyl (C=O) groups is 1. The zero-order valence-electron chi connectivity index (χ0n) is 11.3. The third kappa shape index (κ3) is 3.34. The van der Waals surface area contributed by atoms with Crippen LogP contribution in [0.3, 0.4) is 0 Å². The lowest BCUT2D eigenvalue weighted by atomic mass is 10.1. The second-order valence-electron chi connectivity index (χ2n) is 4.27. The van der Waals surface area contributed by atoms with Crippen LogP contribution in [0.5, 0.6) is 5.75 Å². The van der Waals surface area contributed by atoms with E-state index in [4.69, 9.17) is 4.74 Å². The van der Waals surface area contributed by atoms with E-state index in [1.54, 1.807) is 43.8 Å². The van der Waals surface area contributed by atoms with Crippen molar-refractivity contribution in [1.29, 1.82) is 0 Å². The number of nitrogens with one attached hydrogen (secondary N) is 1. The highest BCUT2D eigenvalue weighted by Gasteiger charge is 2.14. The van der Waals surface area contributed by atoms with Gasteiger partial charge in [0.15, 0.2) is 0 Å². The Kier molecular flexibility index (Phi) is 4.70. The van der Waals surface area contributed by atoms with Gasteiger partial charge in [0.1, 0.15) is 10.6 Å². The number of benzene rings is 1. The van der Waals surface area contributed by atoms with Crippen molar-refractivity contribution in [2.75, 3.05) is 13.7 Å². The van der Waals surface area contributed by atoms with Gasteiger partial charge in [0.05, 0.1) is 24.4 Å². The summed E-state index contributed by atoms with van der Waals surface area (Å²) in [5.41, 5.74) is 3.06. The van der Waals surface area contributed by atoms with Crippen LogP contribution in [0.15, 0.2) is 29.8 Å². The quantitative estimate of drug-likeness (QED) is 0.883. The van der Waals surface area contributed by atoms with E-state index in [1.807, 2.05) is 0 Å². The van der Waals surface area contributed by atoms with E-state index in [0.717, 1.165) is 11.3 Å². The number of carbonyl (C=O) groups excluding carboxylic acids is 1. The van der Waals surface area contributed by atoms with Gasteiger partial charge in [-0.25, -0.2) is 4.98 Å². The fourth-order valence-corrected chi connectivity index (χ4v) is 2.45. The van der Waals surface area contributed by atoms with Gasteiger partial charge in [-0.3, -0.25) is 4.79 Å². The van der Waals surface area contributed by atoms with E-state index in [-0.39, 0.29) is 12.5 Å². The van der Waals surface area contributed by atoms with Crippen LogP contribution in [0.25, 0.3) is 0 Å². The molecule has 1 aromatic heterocycles. The highest BCUT2D eigenvalue weighted by atomic mass is 32.1. The minimum absolute atomic E-state index is 0.155. The van der Waals surface area contributed by atoms with Crippen molar-refractivity contribution in [2.45, 2.75) is 13.0 Å². The maximum Gasteiger partial charge on any atom is 0.263 e. The highest BCUT2D eigenvalue weighted by Crippen LogP contribution is 2.17. The summed E-state index contributed by atoms with van der Waals surface area (Å²) in [6, 6.07) is 7.09. The molecule has 0 fully saturated rings. The summed E-state index contributed by atoms with van der Waals surface area (Å²) in [4.78, 5) is 16.5. The average Bonchev–Trinajstić information content (AvgIpc) is 2.90. The predicted molar refractivity (Wildman–Crippen MR) is 77.1 cm³/mol. The molecule has 1 amide bonds. The summed E-state index contributed by atoms with van der Waals surface area (Å²) >= 11 is 1.29. The monoisotopic (exact) mass is 292 g/mol. The van der Waals surface area contributed by atoms with Crippen molar-refractivity contribution in [3.8, 4) is 5.75 Å². The smallest absolute Gasteiger partial charge is 0.263 e. The van der Waals surface area contributed by atoms with Crippen molar-refractivity contribution >= 4 is 17.2 Å². The fraction of sp³-hybridized carbons (Fsp3) is 0.286. The molecule has 1 heterocycles. The van der Waals surface area contributed by atoms with E-state index < -0.39 is 6.10 Å². The Hall–Kier alpha value is -1.92. The van der Waals surface area contributed by atoms with Crippen LogP contribution in [0.1, 0.15) is 27.0 Å². The lowest BCUT2D eigenvalue weighted by Gasteiger charge is -2.12. The maximum atomic E-state index is 11.9. The van der Waals surface area contributed by atoms with Crippen molar-refractivity contribution in [3.05, 3.63) is 45.9 Å². The van der Waals surface area contributed by atoms with Gasteiger partial charge in [0.2, 0.25) is 0 Å². The summed E-state index contributed by atoms with van der Waals surface area (Å²) in [7, 11) is 1.59. The number of aliphatic hydroxyl groups is 1. The second kappa shape index (κ2) is 6.49. The summed E-state index contributed by atoms with van der Waals surface area (Å²) < 4.78 is 5.05. The molecule has 5 nitrogen and oxygen atoms in total. The van der Waals surface area contributed by atoms with Crippen LogP contribution in [0, 0.1) is 6.92 Å². The van der Waals surface area contributed by atoms with E-state index in [9.17, 15) is 9.90 Å². The predicted octanol–water partition coefficient (Wildman–Crippen LogP) is 1.92. The number of hydrogen-bond donors (Lipinski definition) is 2. The number of methoxy groups -OCH3 is 1. The van der Waals surface area contributed by atoms with Crippen LogP contribution in [-0.2, 0) is 0 Å². The first-order valence-electron chi connectivity index (χ1n) is 6.12. The van der Waals surface area contributed by atoms with Gasteiger partial charge in [-0.2, -0.15) is 0 Å². The molecule has 2 rings (SSSR count). The molecule has 0 saturated heterocycles. The molecule has 0 aliphatic carbocycles. The zero-order valence-corrected chi connectivity index (χ0v) is 12.1. The first-order chi connectivity index (χ1) is 9.61. The van der Waals surface area contributed by atoms with Crippen LogP contribution in [0.4, 0.5) is 0 Å². The van der Waals surface area contributed by atoms with Crippen molar-refractivity contribution in [2.24, 2.45) is 0 Å². The average molecular weight is 292 g/mol. The lowest BCUT2D eigenvalue weighted by Crippen LogP contribution is -2.28. The molecule has 0 radical (unpaired) electrons. The Morgan fingerprint density at radius 1 is 1.45 bits per heavy atom. The normalized spacial score (nSPS) is 11.9. The van der Waals surface area contributed by atoms with Crippen molar-refractivity contribution < 1.29 is 14.6 Å². The number of aliphatic hydroxyl groups excluding tert-OH is 1. The second-order valence-corrected chi connectivity index (χ2v) is 5.12. The van der Waals surface area contributed by atoms with Crippen LogP contribution < -0.4 is 10.1 Å². The molecule has 1 atom stereocenters. The number of rotatable bonds is 5. The summed E-state index contributed by atoms with van der Waals surface area (Å²) in [5, 5.41) is 12.7. The van der Waals surface area contributed by atoms with Crippen LogP contribution in [-0.4, -0.2) is 29.7 Å². The molecular formula is C14H16N2O3S. The summed E-state index contributed by atoms with van der Waals surface area (Å²) in [5.74, 6) is 0.517. The van der Waals surface area contributed by atoms with E-state index in [2.05, 4.69) is 10.3 Å². The number of thiazole rings is 1. The molecule has 0 spiro atoms. The Morgan fingerprint density at radius 2 is 2.15 bits per heavy atom. The number of hydrogen-bond acceptors (Lipinski definition) is 5. The summed E-state index contributed by atoms with van der Waals surface area (Å²) in [6.45, 7) is 1.94. The Bertz CT molecular complexity index is 580. The van der Waals surface area contributed by atoms with Gasteiger partial charge < -0.3 is 15.2 Å². The Morgan fingerprint density at radius 3 is 2.70 bits per heavy atom. The van der Waals surface area contributed by atoms with Gasteiger partial charge >= 0.3 is 0 Å². The standard InChI is InChI=1S/C14H16N2O3S/c1-9-13(20-8-16-9)14(18)15-7-12(17)10-3-5-11(19-2)6-4-10/h3-6,8,12,17H,7H2,1-2H3,(H,15,18). The molecule has 1 aromatic carbocycles. The Balaban J connectivity index is 1.93. The lowest BCUT2D eigenvalue weighted by molar-refractivity contribution is 0.0919. The number of nitrogens with zero attached hydrogens (tertiary/aromatic N) is 1. The van der Waals surface area contributed by atoms with Gasteiger partial charge in [-0.05, 0) is 24.6 Å². The largest absolute Gasteiger partial charge is 0.497 e. The molecule has 6 heteroatoms. The molecule has 1 unspecified atom stereocenters. The molecule has 20 heavy (non-hydrogen) atoms. The topological polar surface area (TPSA) is 71.5 Å². The third-order valence-electron chi connectivity index (χ3n) is 2.91. The molecule has 0 aliphatic heterocycles. The SMILES string of the molecule is COc1ccc(C(O)CNC(=O)c2scnc2C)cc1. The molecular weight excluding hydrogens is 276 g/mol. The molecule has 2 aromatic rings. The summed E-state index contributed by atoms with van der Waals surface area (Å²) in [6.07, 6.45) is -0.752. The van der Waals surface area contributed by atoms with E-state index >= 15 is 0 Å². The van der Waals surface area contributed by atoms with Gasteiger partial charge in [0, 0.05) is 6.54 Å². The molecule has 2 N–H and O–H groups in total. The number of aryl methyl sites for hydroxylation is 1. The molecule has 0 bridgehead atoms. The van der Waals surface area contributed by atoms with Gasteiger partial charge in [0.25, 0.3) is 5.91 Å². The van der Waals surface area contributed by atoms with Crippen LogP contribution >= 0.6 is 11.3 Å². The maximum absolute atomic E-state index is 11.9. The van der Waals surface area contributed by atoms with Crippen LogP contribution in [0.2, 0.25) is 0 Å². The minimum atomic E-state index is -0.752. The van der Waals surface area contributed by atoms with E-state index in [1.165, 1.54) is 11.3 Å². The zero-order chi connectivity index (χ0) is 14.5. The first-order valence-corrected chi connectivity index (χ1v) is 7.00. The number of amides is 1. The van der Waals surface area contributed by atoms with Crippen molar-refractivity contribution in [1.82, 2.24) is 10.3 Å². The number of aromatic nitrogens is 1. The van der Waals surface area contributed by atoms with Gasteiger partial charge in [-0.1, -0.05) is 12.1 Å². The first kappa shape index (κ1) is 14.5. The highest BCUT2D eigenvalue weighted by molar-refractivity contribution is 7.11. The molecule has 0 saturated carbocycles. The fourth-order valence-electron chi connectivity index (χ4n) is 1.73. The Labute approximate surface area is 121 Å². The third-order valence-corrected chi connectivity index (χ3v) is 3.84. The molecule has 0 aliphatic rings. The van der Waals surface area contributed by atoms with E-state index in [0.29, 0.717) is 10.6 Å². The minimum Gasteiger partial charge on any atom is -0.497 e. The number of ether oxygens (including phenoxy) is 1.